The Morgan fingerprint density at radius 3 is 1.15 bits per heavy atom. The second-order valence-corrected chi connectivity index (χ2v) is 7.00. The molecule has 0 aliphatic carbocycles. The number of pyridine rings is 2. The quantitative estimate of drug-likeness (QED) is 0.181. The van der Waals surface area contributed by atoms with Crippen LogP contribution in [0.2, 0.25) is 0 Å². The van der Waals surface area contributed by atoms with Gasteiger partial charge in [-0.15, -0.1) is 0 Å². The van der Waals surface area contributed by atoms with Gasteiger partial charge in [-0.25, -0.2) is 9.59 Å². The van der Waals surface area contributed by atoms with Crippen LogP contribution in [0.3, 0.4) is 0 Å². The van der Waals surface area contributed by atoms with Gasteiger partial charge in [0.25, 0.3) is 0 Å². The highest BCUT2D eigenvalue weighted by Crippen LogP contribution is 2.21. The highest BCUT2D eigenvalue weighted by molar-refractivity contribution is 5.91. The number of aromatic nitrogens is 2. The highest BCUT2D eigenvalue weighted by atomic mass is 79.9. The summed E-state index contributed by atoms with van der Waals surface area (Å²) in [6, 6.07) is 16.2. The molecule has 2 aromatic carbocycles. The zero-order chi connectivity index (χ0) is 22.8. The van der Waals surface area contributed by atoms with Crippen molar-refractivity contribution >= 4 is 11.9 Å². The molecule has 8 nitrogen and oxygen atoms in total. The fourth-order valence-corrected chi connectivity index (χ4v) is 3.31. The number of phenols is 2. The first kappa shape index (κ1) is 26.5. The second-order valence-electron chi connectivity index (χ2n) is 7.00. The average Bonchev–Trinajstić information content (AvgIpc) is 2.78. The van der Waals surface area contributed by atoms with E-state index in [0.717, 1.165) is 11.1 Å². The van der Waals surface area contributed by atoms with Gasteiger partial charge in [-0.3, -0.25) is 0 Å². The predicted molar refractivity (Wildman–Crippen MR) is 112 cm³/mol. The lowest BCUT2D eigenvalue weighted by molar-refractivity contribution is -0.596. The van der Waals surface area contributed by atoms with Crippen LogP contribution < -0.4 is 43.1 Å². The number of nitrogens with zero attached hydrogens (tertiary/aromatic N) is 2. The van der Waals surface area contributed by atoms with Gasteiger partial charge in [-0.05, 0) is 23.3 Å². The third-order valence-corrected chi connectivity index (χ3v) is 5.01. The summed E-state index contributed by atoms with van der Waals surface area (Å²) in [6.45, 7) is 0. The molecule has 34 heavy (non-hydrogen) atoms. The molecule has 0 radical (unpaired) electrons. The molecule has 0 atom stereocenters. The molecule has 0 spiro atoms. The molecule has 10 heteroatoms. The highest BCUT2D eigenvalue weighted by Gasteiger charge is 2.16. The fourth-order valence-electron chi connectivity index (χ4n) is 3.31. The number of hydrogen-bond donors (Lipinski definition) is 4. The number of carboxylic acid groups (broad SMARTS) is 2. The molecule has 0 saturated heterocycles. The summed E-state index contributed by atoms with van der Waals surface area (Å²) in [6.07, 6.45) is 7.20. The van der Waals surface area contributed by atoms with E-state index in [1.807, 2.05) is 24.3 Å². The van der Waals surface area contributed by atoms with Gasteiger partial charge in [0.05, 0.1) is 12.1 Å². The molecule has 174 valence electrons. The first-order chi connectivity index (χ1) is 15.3. The van der Waals surface area contributed by atoms with Crippen molar-refractivity contribution in [1.82, 2.24) is 0 Å². The maximum Gasteiger partial charge on any atom is 0.339 e. The summed E-state index contributed by atoms with van der Waals surface area (Å²) in [5, 5.41) is 37.8. The van der Waals surface area contributed by atoms with E-state index in [9.17, 15) is 19.8 Å². The van der Waals surface area contributed by atoms with E-state index in [0.29, 0.717) is 11.4 Å². The molecule has 0 unspecified atom stereocenters. The summed E-state index contributed by atoms with van der Waals surface area (Å²) in [5.41, 5.74) is 2.79. The normalized spacial score (nSPS) is 10.0. The standard InChI is InChI=1S/C24H16N2O6.2BrH/c27-21-13-17(1-3-19(21)23(29)30)25-9-5-15(6-10-25)16-7-11-26(12-8-16)18-2-4-20(24(31)32)22(28)14-18;;/h1-14H,(H2-2,27,28,29,30,31,32);2*1H. The Kier molecular flexibility index (Phi) is 8.50. The van der Waals surface area contributed by atoms with Gasteiger partial charge >= 0.3 is 11.9 Å². The molecule has 0 bridgehead atoms. The van der Waals surface area contributed by atoms with E-state index >= 15 is 0 Å². The van der Waals surface area contributed by atoms with E-state index in [4.69, 9.17) is 10.2 Å². The monoisotopic (exact) mass is 588 g/mol. The Morgan fingerprint density at radius 1 is 0.559 bits per heavy atom. The maximum absolute atomic E-state index is 11.0. The Morgan fingerprint density at radius 2 is 0.882 bits per heavy atom. The van der Waals surface area contributed by atoms with Gasteiger partial charge < -0.3 is 54.4 Å². The lowest BCUT2D eigenvalue weighted by Crippen LogP contribution is -3.00. The van der Waals surface area contributed by atoms with Gasteiger partial charge in [-0.2, -0.15) is 9.13 Å². The van der Waals surface area contributed by atoms with Crippen molar-refractivity contribution in [2.75, 3.05) is 0 Å². The number of benzene rings is 2. The second kappa shape index (κ2) is 10.9. The van der Waals surface area contributed by atoms with Gasteiger partial charge in [-0.1, -0.05) is 0 Å². The van der Waals surface area contributed by atoms with Crippen LogP contribution in [0.4, 0.5) is 0 Å². The minimum atomic E-state index is -1.19. The zero-order valence-corrected chi connectivity index (χ0v) is 20.5. The Hall–Kier alpha value is -3.76. The van der Waals surface area contributed by atoms with Gasteiger partial charge in [0.15, 0.2) is 24.8 Å². The zero-order valence-electron chi connectivity index (χ0n) is 17.3. The molecular weight excluding hydrogens is 572 g/mol. The van der Waals surface area contributed by atoms with Crippen LogP contribution in [0, 0.1) is 0 Å². The van der Waals surface area contributed by atoms with E-state index < -0.39 is 11.9 Å². The Balaban J connectivity index is 0.00000204. The molecule has 2 aromatic heterocycles. The number of halogens is 2. The van der Waals surface area contributed by atoms with E-state index in [-0.39, 0.29) is 56.6 Å². The summed E-state index contributed by atoms with van der Waals surface area (Å²) >= 11 is 0. The Bertz CT molecular complexity index is 1240. The minimum absolute atomic E-state index is 0. The van der Waals surface area contributed by atoms with Crippen LogP contribution in [0.25, 0.3) is 22.5 Å². The lowest BCUT2D eigenvalue weighted by Gasteiger charge is -2.03. The summed E-state index contributed by atoms with van der Waals surface area (Å²) in [4.78, 5) is 22.1. The van der Waals surface area contributed by atoms with Gasteiger partial charge in [0.1, 0.15) is 22.6 Å². The molecule has 0 amide bonds. The van der Waals surface area contributed by atoms with Crippen molar-refractivity contribution in [3.63, 3.8) is 0 Å². The SMILES string of the molecule is O=C(O)c1ccc(-[n+]2ccc(-c3cc[n+](-c4ccc(C(=O)O)c(O)c4)cc3)cc2)cc1O.[Br-].[Br-]. The third kappa shape index (κ3) is 5.41. The Labute approximate surface area is 215 Å². The number of carboxylic acids is 2. The van der Waals surface area contributed by atoms with Crippen LogP contribution in [0.5, 0.6) is 11.5 Å². The number of carbonyl (C=O) groups is 2. The number of aromatic carboxylic acids is 2. The molecule has 4 N–H and O–H groups in total. The van der Waals surface area contributed by atoms with Gasteiger partial charge in [0, 0.05) is 36.4 Å². The van der Waals surface area contributed by atoms with Crippen LogP contribution in [0.15, 0.2) is 85.5 Å². The first-order valence-corrected chi connectivity index (χ1v) is 9.50. The summed E-state index contributed by atoms with van der Waals surface area (Å²) in [7, 11) is 0. The maximum atomic E-state index is 11.0. The van der Waals surface area contributed by atoms with E-state index in [2.05, 4.69) is 0 Å². The number of hydrogen-bond acceptors (Lipinski definition) is 4. The van der Waals surface area contributed by atoms with Crippen molar-refractivity contribution in [2.24, 2.45) is 0 Å². The van der Waals surface area contributed by atoms with Crippen molar-refractivity contribution < 1.29 is 73.1 Å². The van der Waals surface area contributed by atoms with Gasteiger partial charge in [0.2, 0.25) is 11.4 Å². The van der Waals surface area contributed by atoms with Crippen molar-refractivity contribution in [1.29, 1.82) is 0 Å². The van der Waals surface area contributed by atoms with E-state index in [1.165, 1.54) is 24.3 Å². The van der Waals surface area contributed by atoms with Crippen LogP contribution in [-0.2, 0) is 0 Å². The lowest BCUT2D eigenvalue weighted by atomic mass is 10.1. The smallest absolute Gasteiger partial charge is 0.339 e. The predicted octanol–water partition coefficient (Wildman–Crippen LogP) is -3.28. The van der Waals surface area contributed by atoms with Crippen LogP contribution in [-0.4, -0.2) is 32.4 Å². The largest absolute Gasteiger partial charge is 1.00 e. The summed E-state index contributed by atoms with van der Waals surface area (Å²) in [5.74, 6) is -2.99. The fraction of sp³-hybridized carbons (Fsp3) is 0. The molecule has 0 aliphatic heterocycles. The minimum Gasteiger partial charge on any atom is -1.00 e. The number of rotatable bonds is 5. The van der Waals surface area contributed by atoms with Crippen LogP contribution >= 0.6 is 0 Å². The first-order valence-electron chi connectivity index (χ1n) is 9.50. The van der Waals surface area contributed by atoms with Crippen LogP contribution in [0.1, 0.15) is 20.7 Å². The molecule has 0 aliphatic rings. The molecule has 4 rings (SSSR count). The number of aromatic hydroxyl groups is 2. The third-order valence-electron chi connectivity index (χ3n) is 5.01. The molecular formula is C24H18Br2N2O6. The topological polar surface area (TPSA) is 123 Å². The van der Waals surface area contributed by atoms with E-state index in [1.54, 1.807) is 46.1 Å². The molecule has 0 fully saturated rings. The summed E-state index contributed by atoms with van der Waals surface area (Å²) < 4.78 is 3.51. The van der Waals surface area contributed by atoms with Crippen molar-refractivity contribution in [3.8, 4) is 34.0 Å². The molecule has 0 saturated carbocycles. The van der Waals surface area contributed by atoms with Crippen molar-refractivity contribution in [3.05, 3.63) is 96.6 Å². The molecule has 4 aromatic rings. The van der Waals surface area contributed by atoms with Crippen molar-refractivity contribution in [2.45, 2.75) is 0 Å². The average molecular weight is 590 g/mol. The molecule has 2 heterocycles.